The lowest BCUT2D eigenvalue weighted by atomic mass is 9.32. The summed E-state index contributed by atoms with van der Waals surface area (Å²) in [6, 6.07) is 42.3. The van der Waals surface area contributed by atoms with Crippen molar-refractivity contribution in [1.82, 2.24) is 10.2 Å². The highest BCUT2D eigenvalue weighted by atomic mass is 16.3. The van der Waals surface area contributed by atoms with E-state index >= 15 is 4.79 Å². The molecule has 3 saturated carbocycles. The first-order valence-corrected chi connectivity index (χ1v) is 22.5. The van der Waals surface area contributed by atoms with Crippen LogP contribution in [0.15, 0.2) is 151 Å². The van der Waals surface area contributed by atoms with Gasteiger partial charge in [0.2, 0.25) is 0 Å². The van der Waals surface area contributed by atoms with Crippen LogP contribution >= 0.6 is 0 Å². The quantitative estimate of drug-likeness (QED) is 0.102. The lowest BCUT2D eigenvalue weighted by Crippen LogP contribution is -2.67. The van der Waals surface area contributed by atoms with E-state index in [2.05, 4.69) is 79.9 Å². The van der Waals surface area contributed by atoms with Gasteiger partial charge in [-0.15, -0.1) is 0 Å². The van der Waals surface area contributed by atoms with Crippen LogP contribution in [0.25, 0.3) is 21.9 Å². The van der Waals surface area contributed by atoms with Gasteiger partial charge in [-0.25, -0.2) is 4.79 Å². The molecule has 2 bridgehead atoms. The second-order valence-corrected chi connectivity index (χ2v) is 19.6. The average molecular weight is 811 g/mol. The fraction of sp³-hybridized carbons (Fsp3) is 0.382. The van der Waals surface area contributed by atoms with Crippen LogP contribution in [0.3, 0.4) is 0 Å². The van der Waals surface area contributed by atoms with Crippen molar-refractivity contribution in [1.29, 1.82) is 0 Å². The smallest absolute Gasteiger partial charge is 0.318 e. The zero-order chi connectivity index (χ0) is 42.2. The molecule has 0 radical (unpaired) electrons. The summed E-state index contributed by atoms with van der Waals surface area (Å²) in [4.78, 5) is 32.2. The Kier molecular flexibility index (Phi) is 9.57. The van der Waals surface area contributed by atoms with Crippen LogP contribution in [0.1, 0.15) is 93.2 Å². The van der Waals surface area contributed by atoms with Gasteiger partial charge in [0, 0.05) is 33.9 Å². The van der Waals surface area contributed by atoms with E-state index in [0.717, 1.165) is 70.7 Å². The summed E-state index contributed by atoms with van der Waals surface area (Å²) >= 11 is 0. The standard InChI is InChI=1S/C55H58N2O4/c1-37(38-15-6-4-7-16-38)56-50(60)57(35-41-21-14-20-39-19-10-11-22-43(39)41)36-54(61)30-27-48-52(54,3)29-26-47-51(2)28-25-42(58)33-53(51)31-32-55(47,48)46(34-53)49(59)45-24-13-12-23-44(45)40-17-8-5-9-18-40/h4-24,31-32,34,37,42,47-48,58,61H,25-30,33,35-36H2,1-3H3,(H,56,60)/t37-,42?,47-,48-,51-,52+,53+,54-,55-/m1/s1. The Morgan fingerprint density at radius 2 is 1.41 bits per heavy atom. The number of carbonyl (C=O) groups is 2. The molecule has 0 saturated heterocycles. The number of fused-ring (bicyclic) bond motifs is 2. The van der Waals surface area contributed by atoms with E-state index in [4.69, 9.17) is 0 Å². The minimum Gasteiger partial charge on any atom is -0.393 e. The number of allylic oxidation sites excluding steroid dienone is 4. The molecular formula is C55H58N2O4. The van der Waals surface area contributed by atoms with E-state index in [0.29, 0.717) is 24.9 Å². The van der Waals surface area contributed by atoms with Gasteiger partial charge < -0.3 is 20.4 Å². The van der Waals surface area contributed by atoms with Gasteiger partial charge in [0.05, 0.1) is 24.3 Å². The largest absolute Gasteiger partial charge is 0.393 e. The first kappa shape index (κ1) is 39.8. The number of carbonyl (C=O) groups excluding carboxylic acids is 2. The molecule has 2 spiro atoms. The second-order valence-electron chi connectivity index (χ2n) is 19.6. The van der Waals surface area contributed by atoms with Crippen molar-refractivity contribution in [3.8, 4) is 11.1 Å². The third-order valence-electron chi connectivity index (χ3n) is 16.8. The van der Waals surface area contributed by atoms with Crippen molar-refractivity contribution in [3.63, 3.8) is 0 Å². The van der Waals surface area contributed by atoms with E-state index < -0.39 is 27.9 Å². The predicted octanol–water partition coefficient (Wildman–Crippen LogP) is 11.3. The number of nitrogens with zero attached hydrogens (tertiary/aromatic N) is 1. The number of aliphatic hydroxyl groups excluding tert-OH is 1. The molecule has 6 aliphatic carbocycles. The Balaban J connectivity index is 1.06. The molecule has 0 heterocycles. The van der Waals surface area contributed by atoms with Crippen LogP contribution in [0, 0.1) is 33.5 Å². The summed E-state index contributed by atoms with van der Waals surface area (Å²) < 4.78 is 0. The van der Waals surface area contributed by atoms with Gasteiger partial charge in [-0.05, 0) is 102 Å². The number of ketones is 1. The molecule has 6 heteroatoms. The molecule has 9 atom stereocenters. The molecular weight excluding hydrogens is 753 g/mol. The van der Waals surface area contributed by atoms with Crippen molar-refractivity contribution in [2.24, 2.45) is 33.5 Å². The number of aliphatic hydroxyl groups is 2. The fourth-order valence-electron chi connectivity index (χ4n) is 13.5. The van der Waals surface area contributed by atoms with Gasteiger partial charge in [0.15, 0.2) is 5.78 Å². The van der Waals surface area contributed by atoms with E-state index in [1.807, 2.05) is 96.8 Å². The summed E-state index contributed by atoms with van der Waals surface area (Å²) in [6.45, 7) is 7.20. The monoisotopic (exact) mass is 810 g/mol. The average Bonchev–Trinajstić information content (AvgIpc) is 3.56. The van der Waals surface area contributed by atoms with Gasteiger partial charge in [0.1, 0.15) is 0 Å². The molecule has 312 valence electrons. The lowest BCUT2D eigenvalue weighted by molar-refractivity contribution is -0.174. The number of rotatable bonds is 9. The van der Waals surface area contributed by atoms with Gasteiger partial charge in [-0.2, -0.15) is 0 Å². The van der Waals surface area contributed by atoms with Crippen molar-refractivity contribution in [3.05, 3.63) is 168 Å². The van der Waals surface area contributed by atoms with Gasteiger partial charge in [-0.3, -0.25) is 4.79 Å². The topological polar surface area (TPSA) is 89.9 Å². The summed E-state index contributed by atoms with van der Waals surface area (Å²) in [6.07, 6.45) is 11.7. The molecule has 11 rings (SSSR count). The van der Waals surface area contributed by atoms with E-state index in [9.17, 15) is 15.0 Å². The van der Waals surface area contributed by atoms with Crippen molar-refractivity contribution in [2.45, 2.75) is 90.0 Å². The molecule has 61 heavy (non-hydrogen) atoms. The van der Waals surface area contributed by atoms with Crippen molar-refractivity contribution >= 4 is 22.6 Å². The fourth-order valence-corrected chi connectivity index (χ4v) is 13.5. The molecule has 0 aromatic heterocycles. The minimum absolute atomic E-state index is 0.0434. The van der Waals surface area contributed by atoms with E-state index in [1.165, 1.54) is 0 Å². The number of Topliss-reactive ketones (excluding diaryl/α,β-unsaturated/α-hetero) is 1. The normalized spacial score (nSPS) is 32.6. The van der Waals surface area contributed by atoms with Crippen LogP contribution in [0.4, 0.5) is 4.79 Å². The summed E-state index contributed by atoms with van der Waals surface area (Å²) in [7, 11) is 0. The van der Waals surface area contributed by atoms with Crippen LogP contribution in [0.2, 0.25) is 0 Å². The lowest BCUT2D eigenvalue weighted by Gasteiger charge is -2.71. The van der Waals surface area contributed by atoms with Gasteiger partial charge in [-0.1, -0.05) is 159 Å². The second kappa shape index (κ2) is 14.7. The Morgan fingerprint density at radius 1 is 0.754 bits per heavy atom. The molecule has 5 aromatic carbocycles. The highest BCUT2D eigenvalue weighted by Crippen LogP contribution is 2.78. The van der Waals surface area contributed by atoms with Gasteiger partial charge >= 0.3 is 6.03 Å². The molecule has 6 aliphatic rings. The highest BCUT2D eigenvalue weighted by molar-refractivity contribution is 6.14. The maximum absolute atomic E-state index is 15.7. The number of amides is 2. The maximum atomic E-state index is 15.7. The molecule has 1 unspecified atom stereocenters. The van der Waals surface area contributed by atoms with Gasteiger partial charge in [0.25, 0.3) is 0 Å². The molecule has 6 nitrogen and oxygen atoms in total. The Hall–Kier alpha value is -5.30. The predicted molar refractivity (Wildman–Crippen MR) is 243 cm³/mol. The number of benzene rings is 5. The SMILES string of the molecule is C[C@@H](NC(=O)N(Cc1cccc2ccccc12)C[C@]1(O)CC[C@H]2[C@]34C=C[C@@]5(C=C3C(=O)c3ccccc3-c3ccccc3)CC(O)CC[C@]5(C)[C@H]4CC[C@@]21C)c1ccccc1. The Labute approximate surface area is 360 Å². The van der Waals surface area contributed by atoms with E-state index in [1.54, 1.807) is 0 Å². The molecule has 2 amide bonds. The number of hydrogen-bond acceptors (Lipinski definition) is 4. The molecule has 0 aliphatic heterocycles. The molecule has 3 N–H and O–H groups in total. The molecule has 3 fully saturated rings. The Morgan fingerprint density at radius 3 is 2.21 bits per heavy atom. The van der Waals surface area contributed by atoms with Crippen LogP contribution < -0.4 is 5.32 Å². The first-order valence-electron chi connectivity index (χ1n) is 22.5. The van der Waals surface area contributed by atoms with Crippen LogP contribution in [0.5, 0.6) is 0 Å². The summed E-state index contributed by atoms with van der Waals surface area (Å²) in [5.74, 6) is 0.154. The van der Waals surface area contributed by atoms with E-state index in [-0.39, 0.29) is 41.7 Å². The first-order chi connectivity index (χ1) is 29.4. The summed E-state index contributed by atoms with van der Waals surface area (Å²) in [5, 5.41) is 30.3. The number of hydrogen-bond donors (Lipinski definition) is 3. The third kappa shape index (κ3) is 6.03. The minimum atomic E-state index is -1.23. The number of urea groups is 1. The highest BCUT2D eigenvalue weighted by Gasteiger charge is 2.74. The molecule has 5 aromatic rings. The maximum Gasteiger partial charge on any atom is 0.318 e. The zero-order valence-corrected chi connectivity index (χ0v) is 35.7. The van der Waals surface area contributed by atoms with Crippen molar-refractivity contribution in [2.75, 3.05) is 6.54 Å². The summed E-state index contributed by atoms with van der Waals surface area (Å²) in [5.41, 5.74) is 2.43. The van der Waals surface area contributed by atoms with Crippen LogP contribution in [-0.4, -0.2) is 45.2 Å². The van der Waals surface area contributed by atoms with Crippen LogP contribution in [-0.2, 0) is 6.54 Å². The van der Waals surface area contributed by atoms with Crippen molar-refractivity contribution < 1.29 is 19.8 Å². The Bertz CT molecular complexity index is 2560. The number of nitrogens with one attached hydrogen (secondary N) is 1. The zero-order valence-electron chi connectivity index (χ0n) is 35.7. The third-order valence-corrected chi connectivity index (χ3v) is 16.8.